The van der Waals surface area contributed by atoms with Crippen molar-refractivity contribution in [2.45, 2.75) is 6.92 Å². The lowest BCUT2D eigenvalue weighted by molar-refractivity contribution is -0.112. The fourth-order valence-corrected chi connectivity index (χ4v) is 1.78. The molecule has 1 amide bonds. The van der Waals surface area contributed by atoms with E-state index in [-0.39, 0.29) is 11.6 Å². The lowest BCUT2D eigenvalue weighted by atomic mass is 10.2. The second-order valence-electron chi connectivity index (χ2n) is 4.52. The van der Waals surface area contributed by atoms with Gasteiger partial charge in [0.2, 0.25) is 12.3 Å². The van der Waals surface area contributed by atoms with Gasteiger partial charge in [0, 0.05) is 11.3 Å². The number of rotatable bonds is 5. The van der Waals surface area contributed by atoms with Crippen molar-refractivity contribution in [3.8, 4) is 11.5 Å². The number of carbonyl (C=O) groups excluding carboxylic acids is 1. The van der Waals surface area contributed by atoms with Crippen LogP contribution >= 0.6 is 0 Å². The summed E-state index contributed by atoms with van der Waals surface area (Å²) in [5, 5.41) is 10.2. The number of nitrogens with two attached hydrogens (primary N) is 1. The third kappa shape index (κ3) is 3.92. The molecule has 0 atom stereocenters. The first-order chi connectivity index (χ1) is 10.6. The Kier molecular flexibility index (Phi) is 4.87. The van der Waals surface area contributed by atoms with Gasteiger partial charge in [-0.3, -0.25) is 4.79 Å². The van der Waals surface area contributed by atoms with E-state index in [0.717, 1.165) is 5.57 Å². The van der Waals surface area contributed by atoms with Gasteiger partial charge in [-0.15, -0.1) is 10.2 Å². The third-order valence-corrected chi connectivity index (χ3v) is 2.75. The topological polar surface area (TPSA) is 94.0 Å². The van der Waals surface area contributed by atoms with E-state index in [4.69, 9.17) is 10.2 Å². The van der Waals surface area contributed by atoms with Gasteiger partial charge in [0.05, 0.1) is 5.70 Å². The van der Waals surface area contributed by atoms with Crippen molar-refractivity contribution in [3.05, 3.63) is 66.7 Å². The highest BCUT2D eigenvalue weighted by molar-refractivity contribution is 6.03. The van der Waals surface area contributed by atoms with Gasteiger partial charge in [-0.1, -0.05) is 24.8 Å². The summed E-state index contributed by atoms with van der Waals surface area (Å²) in [6.07, 6.45) is 6.22. The summed E-state index contributed by atoms with van der Waals surface area (Å²) in [7, 11) is 0. The van der Waals surface area contributed by atoms with E-state index in [1.165, 1.54) is 6.39 Å². The van der Waals surface area contributed by atoms with E-state index in [0.29, 0.717) is 17.1 Å². The molecular formula is C16H16N4O2. The maximum Gasteiger partial charge on any atom is 0.271 e. The van der Waals surface area contributed by atoms with E-state index in [1.54, 1.807) is 42.5 Å². The predicted octanol–water partition coefficient (Wildman–Crippen LogP) is 2.65. The zero-order valence-electron chi connectivity index (χ0n) is 12.1. The monoisotopic (exact) mass is 296 g/mol. The van der Waals surface area contributed by atoms with Gasteiger partial charge >= 0.3 is 0 Å². The second-order valence-corrected chi connectivity index (χ2v) is 4.52. The lowest BCUT2D eigenvalue weighted by Crippen LogP contribution is -2.20. The van der Waals surface area contributed by atoms with Crippen LogP contribution in [0.25, 0.3) is 11.5 Å². The summed E-state index contributed by atoms with van der Waals surface area (Å²) >= 11 is 0. The van der Waals surface area contributed by atoms with Crippen molar-refractivity contribution < 1.29 is 9.21 Å². The van der Waals surface area contributed by atoms with Gasteiger partial charge in [0.15, 0.2) is 0 Å². The molecule has 0 bridgehead atoms. The zero-order valence-corrected chi connectivity index (χ0v) is 12.1. The number of carbonyl (C=O) groups is 1. The van der Waals surface area contributed by atoms with Crippen molar-refractivity contribution in [2.75, 3.05) is 5.32 Å². The number of benzene rings is 1. The summed E-state index contributed by atoms with van der Waals surface area (Å²) < 4.78 is 5.12. The Hall–Kier alpha value is -3.15. The first-order valence-electron chi connectivity index (χ1n) is 6.54. The van der Waals surface area contributed by atoms with Gasteiger partial charge in [0.1, 0.15) is 0 Å². The Labute approximate surface area is 128 Å². The fraction of sp³-hybridized carbons (Fsp3) is 0.0625. The number of nitrogens with zero attached hydrogens (tertiary/aromatic N) is 2. The highest BCUT2D eigenvalue weighted by Gasteiger charge is 2.08. The molecule has 0 aliphatic heterocycles. The molecule has 0 radical (unpaired) electrons. The van der Waals surface area contributed by atoms with Crippen LogP contribution < -0.4 is 11.1 Å². The molecular weight excluding hydrogens is 280 g/mol. The highest BCUT2D eigenvalue weighted by atomic mass is 16.4. The van der Waals surface area contributed by atoms with Gasteiger partial charge in [-0.05, 0) is 36.8 Å². The van der Waals surface area contributed by atoms with Gasteiger partial charge in [0.25, 0.3) is 5.91 Å². The zero-order chi connectivity index (χ0) is 15.9. The van der Waals surface area contributed by atoms with Crippen LogP contribution in [0.15, 0.2) is 71.2 Å². The Morgan fingerprint density at radius 3 is 2.95 bits per heavy atom. The number of aromatic nitrogens is 2. The first-order valence-corrected chi connectivity index (χ1v) is 6.54. The molecule has 6 nitrogen and oxygen atoms in total. The number of nitrogens with one attached hydrogen (secondary N) is 1. The first kappa shape index (κ1) is 15.2. The van der Waals surface area contributed by atoms with Crippen molar-refractivity contribution in [1.82, 2.24) is 10.2 Å². The van der Waals surface area contributed by atoms with Gasteiger partial charge < -0.3 is 15.5 Å². The summed E-state index contributed by atoms with van der Waals surface area (Å²) in [6, 6.07) is 7.06. The molecule has 2 rings (SSSR count). The van der Waals surface area contributed by atoms with E-state index in [1.807, 2.05) is 6.92 Å². The Bertz CT molecular complexity index is 730. The minimum atomic E-state index is -0.389. The molecule has 0 fully saturated rings. The number of amides is 1. The van der Waals surface area contributed by atoms with Crippen LogP contribution in [-0.2, 0) is 4.79 Å². The second kappa shape index (κ2) is 7.03. The highest BCUT2D eigenvalue weighted by Crippen LogP contribution is 2.20. The molecule has 22 heavy (non-hydrogen) atoms. The molecule has 1 aromatic carbocycles. The summed E-state index contributed by atoms with van der Waals surface area (Å²) in [6.45, 7) is 5.42. The smallest absolute Gasteiger partial charge is 0.271 e. The molecule has 2 aromatic rings. The maximum atomic E-state index is 12.0. The van der Waals surface area contributed by atoms with Crippen LogP contribution in [0.4, 0.5) is 5.69 Å². The quantitative estimate of drug-likeness (QED) is 0.653. The predicted molar refractivity (Wildman–Crippen MR) is 84.6 cm³/mol. The molecule has 1 aromatic heterocycles. The molecule has 0 spiro atoms. The summed E-state index contributed by atoms with van der Waals surface area (Å²) in [5.41, 5.74) is 8.00. The van der Waals surface area contributed by atoms with Crippen LogP contribution in [0.3, 0.4) is 0 Å². The SMILES string of the molecule is C=C/C=C(C)\C=C(/N)C(=O)Nc1cccc(-c2nnco2)c1. The maximum absolute atomic E-state index is 12.0. The molecule has 0 aliphatic carbocycles. The molecule has 0 aliphatic rings. The Morgan fingerprint density at radius 1 is 1.45 bits per heavy atom. The number of hydrogen-bond donors (Lipinski definition) is 2. The van der Waals surface area contributed by atoms with Crippen LogP contribution in [0.5, 0.6) is 0 Å². The molecule has 1 heterocycles. The van der Waals surface area contributed by atoms with Gasteiger partial charge in [-0.2, -0.15) is 0 Å². The third-order valence-electron chi connectivity index (χ3n) is 2.75. The van der Waals surface area contributed by atoms with Crippen molar-refractivity contribution >= 4 is 11.6 Å². The molecule has 3 N–H and O–H groups in total. The van der Waals surface area contributed by atoms with Crippen molar-refractivity contribution in [2.24, 2.45) is 5.73 Å². The minimum Gasteiger partial charge on any atom is -0.423 e. The molecule has 0 saturated carbocycles. The van der Waals surface area contributed by atoms with Crippen molar-refractivity contribution in [3.63, 3.8) is 0 Å². The van der Waals surface area contributed by atoms with E-state index >= 15 is 0 Å². The molecule has 0 saturated heterocycles. The Morgan fingerprint density at radius 2 is 2.27 bits per heavy atom. The lowest BCUT2D eigenvalue weighted by Gasteiger charge is -2.06. The average molecular weight is 296 g/mol. The number of allylic oxidation sites excluding steroid dienone is 4. The van der Waals surface area contributed by atoms with E-state index < -0.39 is 0 Å². The largest absolute Gasteiger partial charge is 0.423 e. The number of hydrogen-bond acceptors (Lipinski definition) is 5. The normalized spacial score (nSPS) is 12.0. The number of anilines is 1. The van der Waals surface area contributed by atoms with Crippen LogP contribution in [0, 0.1) is 0 Å². The minimum absolute atomic E-state index is 0.110. The molecule has 0 unspecified atom stereocenters. The van der Waals surface area contributed by atoms with Crippen LogP contribution in [-0.4, -0.2) is 16.1 Å². The van der Waals surface area contributed by atoms with Crippen molar-refractivity contribution in [1.29, 1.82) is 0 Å². The van der Waals surface area contributed by atoms with Crippen LogP contribution in [0.2, 0.25) is 0 Å². The van der Waals surface area contributed by atoms with Gasteiger partial charge in [-0.25, -0.2) is 0 Å². The summed E-state index contributed by atoms with van der Waals surface area (Å²) in [4.78, 5) is 12.0. The molecule has 112 valence electrons. The van der Waals surface area contributed by atoms with E-state index in [9.17, 15) is 4.79 Å². The summed E-state index contributed by atoms with van der Waals surface area (Å²) in [5.74, 6) is -0.0103. The Balaban J connectivity index is 2.14. The van der Waals surface area contributed by atoms with Crippen LogP contribution in [0.1, 0.15) is 6.92 Å². The standard InChI is InChI=1S/C16H16N4O2/c1-3-5-11(2)8-14(17)15(21)19-13-7-4-6-12(9-13)16-20-18-10-22-16/h3-10H,1,17H2,2H3,(H,19,21)/b11-5-,14-8-. The fourth-order valence-electron chi connectivity index (χ4n) is 1.78. The average Bonchev–Trinajstić information content (AvgIpc) is 3.02. The molecule has 6 heteroatoms. The van der Waals surface area contributed by atoms with E-state index in [2.05, 4.69) is 22.1 Å².